The Morgan fingerprint density at radius 1 is 1.38 bits per heavy atom. The molecule has 0 radical (unpaired) electrons. The van der Waals surface area contributed by atoms with Crippen LogP contribution in [0.1, 0.15) is 12.1 Å². The monoisotopic (exact) mass is 241 g/mol. The van der Waals surface area contributed by atoms with Gasteiger partial charge in [-0.15, -0.1) is 0 Å². The molecule has 2 heterocycles. The van der Waals surface area contributed by atoms with E-state index in [0.29, 0.717) is 11.6 Å². The van der Waals surface area contributed by atoms with Crippen molar-refractivity contribution in [2.45, 2.75) is 13.0 Å². The Labute approximate surface area is 100 Å². The maximum atomic E-state index is 5.98. The molecule has 0 atom stereocenters. The lowest BCUT2D eigenvalue weighted by Gasteiger charge is -2.21. The minimum atomic E-state index is 0.372. The van der Waals surface area contributed by atoms with Crippen LogP contribution in [-0.2, 0) is 11.3 Å². The number of nitrogens with two attached hydrogens (primary N) is 1. The van der Waals surface area contributed by atoms with Crippen LogP contribution < -0.4 is 10.6 Å². The van der Waals surface area contributed by atoms with E-state index in [0.717, 1.165) is 44.2 Å². The van der Waals surface area contributed by atoms with Gasteiger partial charge in [0.1, 0.15) is 5.82 Å². The van der Waals surface area contributed by atoms with Gasteiger partial charge in [0.25, 0.3) is 0 Å². The molecule has 0 aliphatic carbocycles. The van der Waals surface area contributed by atoms with Gasteiger partial charge in [-0.2, -0.15) is 0 Å². The highest BCUT2D eigenvalue weighted by Gasteiger charge is 2.12. The molecule has 1 saturated heterocycles. The third kappa shape index (κ3) is 2.64. The van der Waals surface area contributed by atoms with E-state index >= 15 is 0 Å². The third-order valence-electron chi connectivity index (χ3n) is 2.64. The van der Waals surface area contributed by atoms with Gasteiger partial charge >= 0.3 is 0 Å². The van der Waals surface area contributed by atoms with Crippen molar-refractivity contribution in [2.75, 3.05) is 31.2 Å². The molecule has 1 aromatic rings. The number of hydrogen-bond acceptors (Lipinski definition) is 4. The van der Waals surface area contributed by atoms with Gasteiger partial charge < -0.3 is 15.4 Å². The van der Waals surface area contributed by atoms with Crippen molar-refractivity contribution in [3.8, 4) is 0 Å². The van der Waals surface area contributed by atoms with Crippen molar-refractivity contribution in [3.05, 3.63) is 22.8 Å². The van der Waals surface area contributed by atoms with Gasteiger partial charge in [-0.3, -0.25) is 0 Å². The molecule has 16 heavy (non-hydrogen) atoms. The molecular formula is C11H16ClN3O. The first-order valence-electron chi connectivity index (χ1n) is 5.49. The fourth-order valence-corrected chi connectivity index (χ4v) is 1.95. The van der Waals surface area contributed by atoms with Gasteiger partial charge in [0, 0.05) is 26.2 Å². The van der Waals surface area contributed by atoms with E-state index in [1.807, 2.05) is 12.1 Å². The first kappa shape index (κ1) is 11.6. The summed E-state index contributed by atoms with van der Waals surface area (Å²) in [5.74, 6) is 0.940. The molecule has 5 heteroatoms. The Morgan fingerprint density at radius 2 is 2.25 bits per heavy atom. The van der Waals surface area contributed by atoms with Gasteiger partial charge in [-0.1, -0.05) is 11.6 Å². The van der Waals surface area contributed by atoms with Crippen molar-refractivity contribution < 1.29 is 4.74 Å². The van der Waals surface area contributed by atoms with Crippen molar-refractivity contribution in [1.29, 1.82) is 0 Å². The highest BCUT2D eigenvalue weighted by atomic mass is 35.5. The fourth-order valence-electron chi connectivity index (χ4n) is 1.77. The number of ether oxygens (including phenoxy) is 1. The van der Waals surface area contributed by atoms with E-state index in [4.69, 9.17) is 22.1 Å². The highest BCUT2D eigenvalue weighted by molar-refractivity contribution is 6.31. The quantitative estimate of drug-likeness (QED) is 0.851. The summed E-state index contributed by atoms with van der Waals surface area (Å²) in [6.45, 7) is 3.80. The van der Waals surface area contributed by atoms with Crippen LogP contribution in [-0.4, -0.2) is 31.3 Å². The van der Waals surface area contributed by atoms with E-state index in [1.165, 1.54) is 0 Å². The number of halogens is 1. The van der Waals surface area contributed by atoms with Crippen molar-refractivity contribution >= 4 is 17.4 Å². The Morgan fingerprint density at radius 3 is 3.06 bits per heavy atom. The van der Waals surface area contributed by atoms with E-state index in [-0.39, 0.29) is 0 Å². The Kier molecular flexibility index (Phi) is 3.98. The summed E-state index contributed by atoms with van der Waals surface area (Å²) in [5.41, 5.74) is 6.34. The summed E-state index contributed by atoms with van der Waals surface area (Å²) >= 11 is 5.98. The summed E-state index contributed by atoms with van der Waals surface area (Å²) in [6.07, 6.45) is 1.03. The first-order chi connectivity index (χ1) is 7.81. The second-order valence-corrected chi connectivity index (χ2v) is 4.16. The molecular weight excluding hydrogens is 226 g/mol. The predicted octanol–water partition coefficient (Wildman–Crippen LogP) is 1.42. The third-order valence-corrected chi connectivity index (χ3v) is 2.99. The van der Waals surface area contributed by atoms with Crippen LogP contribution >= 0.6 is 11.6 Å². The van der Waals surface area contributed by atoms with Crippen LogP contribution in [0.15, 0.2) is 12.1 Å². The maximum Gasteiger partial charge on any atom is 0.129 e. The largest absolute Gasteiger partial charge is 0.380 e. The summed E-state index contributed by atoms with van der Waals surface area (Å²) in [5, 5.41) is 0.636. The van der Waals surface area contributed by atoms with Crippen LogP contribution in [0.3, 0.4) is 0 Å². The number of hydrogen-bond donors (Lipinski definition) is 1. The van der Waals surface area contributed by atoms with Gasteiger partial charge in [0.05, 0.1) is 17.3 Å². The lowest BCUT2D eigenvalue weighted by molar-refractivity contribution is 0.152. The standard InChI is InChI=1S/C11H16ClN3O/c12-9-2-3-11(14-10(9)8-13)15-4-1-6-16-7-5-15/h2-3H,1,4-8,13H2. The molecule has 1 aromatic heterocycles. The van der Waals surface area contributed by atoms with Crippen LogP contribution in [0, 0.1) is 0 Å². The molecule has 2 rings (SSSR count). The lowest BCUT2D eigenvalue weighted by Crippen LogP contribution is -2.27. The normalized spacial score (nSPS) is 17.2. The van der Waals surface area contributed by atoms with E-state index < -0.39 is 0 Å². The SMILES string of the molecule is NCc1nc(N2CCCOCC2)ccc1Cl. The summed E-state index contributed by atoms with van der Waals surface area (Å²) in [7, 11) is 0. The Balaban J connectivity index is 2.18. The average Bonchev–Trinajstić information content (AvgIpc) is 2.58. The number of anilines is 1. The number of pyridine rings is 1. The van der Waals surface area contributed by atoms with Gasteiger partial charge in [0.15, 0.2) is 0 Å². The molecule has 0 saturated carbocycles. The second kappa shape index (κ2) is 5.48. The molecule has 4 nitrogen and oxygen atoms in total. The van der Waals surface area contributed by atoms with Gasteiger partial charge in [-0.05, 0) is 18.6 Å². The maximum absolute atomic E-state index is 5.98. The summed E-state index contributed by atoms with van der Waals surface area (Å²) in [6, 6.07) is 3.80. The van der Waals surface area contributed by atoms with Crippen LogP contribution in [0.5, 0.6) is 0 Å². The second-order valence-electron chi connectivity index (χ2n) is 3.76. The topological polar surface area (TPSA) is 51.4 Å². The highest BCUT2D eigenvalue weighted by Crippen LogP contribution is 2.19. The van der Waals surface area contributed by atoms with Crippen molar-refractivity contribution in [2.24, 2.45) is 5.73 Å². The molecule has 0 amide bonds. The molecule has 2 N–H and O–H groups in total. The molecule has 0 unspecified atom stereocenters. The Bertz CT molecular complexity index is 351. The lowest BCUT2D eigenvalue weighted by atomic mass is 10.3. The number of rotatable bonds is 2. The van der Waals surface area contributed by atoms with Crippen molar-refractivity contribution in [1.82, 2.24) is 4.98 Å². The van der Waals surface area contributed by atoms with Crippen LogP contribution in [0.2, 0.25) is 5.02 Å². The smallest absolute Gasteiger partial charge is 0.129 e. The Hall–Kier alpha value is -0.840. The zero-order valence-electron chi connectivity index (χ0n) is 9.16. The van der Waals surface area contributed by atoms with Gasteiger partial charge in [-0.25, -0.2) is 4.98 Å². The zero-order chi connectivity index (χ0) is 11.4. The molecule has 1 fully saturated rings. The molecule has 88 valence electrons. The molecule has 0 spiro atoms. The average molecular weight is 242 g/mol. The number of nitrogens with zero attached hydrogens (tertiary/aromatic N) is 2. The minimum Gasteiger partial charge on any atom is -0.380 e. The molecule has 1 aliphatic heterocycles. The summed E-state index contributed by atoms with van der Waals surface area (Å²) < 4.78 is 5.41. The minimum absolute atomic E-state index is 0.372. The molecule has 0 bridgehead atoms. The number of aromatic nitrogens is 1. The van der Waals surface area contributed by atoms with Crippen LogP contribution in [0.4, 0.5) is 5.82 Å². The van der Waals surface area contributed by atoms with Gasteiger partial charge in [0.2, 0.25) is 0 Å². The van der Waals surface area contributed by atoms with Crippen LogP contribution in [0.25, 0.3) is 0 Å². The molecule has 0 aromatic carbocycles. The fraction of sp³-hybridized carbons (Fsp3) is 0.545. The first-order valence-corrected chi connectivity index (χ1v) is 5.87. The predicted molar refractivity (Wildman–Crippen MR) is 64.8 cm³/mol. The van der Waals surface area contributed by atoms with E-state index in [9.17, 15) is 0 Å². The van der Waals surface area contributed by atoms with E-state index in [2.05, 4.69) is 9.88 Å². The van der Waals surface area contributed by atoms with Crippen molar-refractivity contribution in [3.63, 3.8) is 0 Å². The summed E-state index contributed by atoms with van der Waals surface area (Å²) in [4.78, 5) is 6.68. The zero-order valence-corrected chi connectivity index (χ0v) is 9.91. The molecule has 1 aliphatic rings. The van der Waals surface area contributed by atoms with E-state index in [1.54, 1.807) is 0 Å².